The van der Waals surface area contributed by atoms with E-state index in [4.69, 9.17) is 22.1 Å². The largest absolute Gasteiger partial charge is 0.399 e. The van der Waals surface area contributed by atoms with Gasteiger partial charge in [-0.25, -0.2) is 0 Å². The Balaban J connectivity index is 1.66. The molecule has 6 nitrogen and oxygen atoms in total. The van der Waals surface area contributed by atoms with Gasteiger partial charge in [-0.1, -0.05) is 11.6 Å². The number of nitrogens with zero attached hydrogens (tertiary/aromatic N) is 4. The molecule has 0 unspecified atom stereocenters. The standard InChI is InChI=1S/C16H16ClN5O/c17-14-9-11(18)10-15-16(14)20-22(19-15)13-3-1-12(2-4-13)21-5-7-23-8-6-21/h1-4,9-10H,5-8,18H2. The van der Waals surface area contributed by atoms with Crippen molar-refractivity contribution in [3.63, 3.8) is 0 Å². The smallest absolute Gasteiger partial charge is 0.132 e. The molecule has 1 saturated heterocycles. The van der Waals surface area contributed by atoms with Gasteiger partial charge in [0.2, 0.25) is 0 Å². The summed E-state index contributed by atoms with van der Waals surface area (Å²) < 4.78 is 5.38. The number of hydrogen-bond donors (Lipinski definition) is 1. The lowest BCUT2D eigenvalue weighted by molar-refractivity contribution is 0.122. The lowest BCUT2D eigenvalue weighted by Gasteiger charge is -2.28. The van der Waals surface area contributed by atoms with Crippen molar-refractivity contribution >= 4 is 34.0 Å². The Morgan fingerprint density at radius 1 is 1.00 bits per heavy atom. The van der Waals surface area contributed by atoms with E-state index in [-0.39, 0.29) is 0 Å². The minimum absolute atomic E-state index is 0.510. The molecule has 0 atom stereocenters. The normalized spacial score (nSPS) is 15.3. The highest BCUT2D eigenvalue weighted by Gasteiger charge is 2.12. The van der Waals surface area contributed by atoms with E-state index >= 15 is 0 Å². The monoisotopic (exact) mass is 329 g/mol. The van der Waals surface area contributed by atoms with Crippen molar-refractivity contribution in [1.29, 1.82) is 0 Å². The zero-order chi connectivity index (χ0) is 15.8. The van der Waals surface area contributed by atoms with Gasteiger partial charge < -0.3 is 15.4 Å². The summed E-state index contributed by atoms with van der Waals surface area (Å²) >= 11 is 6.18. The number of ether oxygens (including phenoxy) is 1. The van der Waals surface area contributed by atoms with Crippen LogP contribution < -0.4 is 10.6 Å². The molecule has 0 radical (unpaired) electrons. The Morgan fingerprint density at radius 3 is 2.43 bits per heavy atom. The average Bonchev–Trinajstić information content (AvgIpc) is 3.00. The van der Waals surface area contributed by atoms with Gasteiger partial charge in [-0.3, -0.25) is 0 Å². The van der Waals surface area contributed by atoms with Crippen LogP contribution in [0.5, 0.6) is 0 Å². The number of nitrogen functional groups attached to an aromatic ring is 1. The molecule has 1 aliphatic heterocycles. The van der Waals surface area contributed by atoms with Crippen LogP contribution in [0.1, 0.15) is 0 Å². The van der Waals surface area contributed by atoms with Crippen LogP contribution in [0.15, 0.2) is 36.4 Å². The maximum Gasteiger partial charge on any atom is 0.132 e. The van der Waals surface area contributed by atoms with Crippen LogP contribution in [0.3, 0.4) is 0 Å². The van der Waals surface area contributed by atoms with Crippen LogP contribution in [0, 0.1) is 0 Å². The van der Waals surface area contributed by atoms with Crippen molar-refractivity contribution in [3.05, 3.63) is 41.4 Å². The van der Waals surface area contributed by atoms with E-state index in [1.807, 2.05) is 12.1 Å². The predicted molar refractivity (Wildman–Crippen MR) is 91.3 cm³/mol. The van der Waals surface area contributed by atoms with Crippen LogP contribution in [0.4, 0.5) is 11.4 Å². The van der Waals surface area contributed by atoms with Crippen molar-refractivity contribution < 1.29 is 4.74 Å². The van der Waals surface area contributed by atoms with E-state index in [9.17, 15) is 0 Å². The molecule has 2 N–H and O–H groups in total. The molecule has 2 aromatic carbocycles. The number of rotatable bonds is 2. The summed E-state index contributed by atoms with van der Waals surface area (Å²) in [5, 5.41) is 9.41. The van der Waals surface area contributed by atoms with Crippen molar-refractivity contribution in [3.8, 4) is 5.69 Å². The summed E-state index contributed by atoms with van der Waals surface area (Å²) in [6, 6.07) is 11.6. The first-order valence-electron chi connectivity index (χ1n) is 7.46. The fourth-order valence-electron chi connectivity index (χ4n) is 2.73. The summed E-state index contributed by atoms with van der Waals surface area (Å²) in [6.07, 6.45) is 0. The second kappa shape index (κ2) is 5.72. The number of aromatic nitrogens is 3. The first-order chi connectivity index (χ1) is 11.2. The first kappa shape index (κ1) is 14.3. The molecule has 0 amide bonds. The molecular formula is C16H16ClN5O. The maximum absolute atomic E-state index is 6.18. The Labute approximate surface area is 138 Å². The minimum Gasteiger partial charge on any atom is -0.399 e. The van der Waals surface area contributed by atoms with Crippen molar-refractivity contribution in [2.45, 2.75) is 0 Å². The molecule has 3 aromatic rings. The molecule has 23 heavy (non-hydrogen) atoms. The van der Waals surface area contributed by atoms with Crippen molar-refractivity contribution in [2.24, 2.45) is 0 Å². The molecule has 2 heterocycles. The third kappa shape index (κ3) is 2.71. The van der Waals surface area contributed by atoms with Gasteiger partial charge in [0.25, 0.3) is 0 Å². The Kier molecular flexibility index (Phi) is 3.55. The molecule has 0 spiro atoms. The number of morpholine rings is 1. The van der Waals surface area contributed by atoms with Crippen LogP contribution in [0.2, 0.25) is 5.02 Å². The Hall–Kier alpha value is -2.31. The summed E-state index contributed by atoms with van der Waals surface area (Å²) in [4.78, 5) is 3.89. The second-order valence-electron chi connectivity index (χ2n) is 5.48. The Morgan fingerprint density at radius 2 is 1.70 bits per heavy atom. The number of benzene rings is 2. The van der Waals surface area contributed by atoms with E-state index in [1.54, 1.807) is 16.9 Å². The van der Waals surface area contributed by atoms with Gasteiger partial charge in [0.1, 0.15) is 11.0 Å². The van der Waals surface area contributed by atoms with Gasteiger partial charge in [0.05, 0.1) is 23.9 Å². The lowest BCUT2D eigenvalue weighted by atomic mass is 10.2. The molecule has 0 saturated carbocycles. The van der Waals surface area contributed by atoms with Crippen LogP contribution >= 0.6 is 11.6 Å². The molecule has 0 aliphatic carbocycles. The third-order valence-electron chi connectivity index (χ3n) is 3.92. The zero-order valence-corrected chi connectivity index (χ0v) is 13.2. The van der Waals surface area contributed by atoms with Crippen LogP contribution in [0.25, 0.3) is 16.7 Å². The SMILES string of the molecule is Nc1cc(Cl)c2nn(-c3ccc(N4CCOCC4)cc3)nc2c1. The number of nitrogens with two attached hydrogens (primary N) is 1. The van der Waals surface area contributed by atoms with Gasteiger partial charge in [-0.2, -0.15) is 4.80 Å². The van der Waals surface area contributed by atoms with Crippen LogP contribution in [-0.4, -0.2) is 41.3 Å². The molecule has 1 aromatic heterocycles. The number of hydrogen-bond acceptors (Lipinski definition) is 5. The van der Waals surface area contributed by atoms with Crippen molar-refractivity contribution in [2.75, 3.05) is 36.9 Å². The van der Waals surface area contributed by atoms with E-state index in [2.05, 4.69) is 27.2 Å². The Bertz CT molecular complexity index is 840. The van der Waals surface area contributed by atoms with E-state index < -0.39 is 0 Å². The third-order valence-corrected chi connectivity index (χ3v) is 4.21. The molecular weight excluding hydrogens is 314 g/mol. The van der Waals surface area contributed by atoms with Gasteiger partial charge in [0.15, 0.2) is 0 Å². The minimum atomic E-state index is 0.510. The highest BCUT2D eigenvalue weighted by molar-refractivity contribution is 6.35. The average molecular weight is 330 g/mol. The van der Waals surface area contributed by atoms with E-state index in [0.717, 1.165) is 32.0 Å². The van der Waals surface area contributed by atoms with Gasteiger partial charge in [0, 0.05) is 24.5 Å². The molecule has 1 fully saturated rings. The fraction of sp³-hybridized carbons (Fsp3) is 0.250. The fourth-order valence-corrected chi connectivity index (χ4v) is 2.99. The zero-order valence-electron chi connectivity index (χ0n) is 12.4. The van der Waals surface area contributed by atoms with E-state index in [0.29, 0.717) is 21.7 Å². The van der Waals surface area contributed by atoms with E-state index in [1.165, 1.54) is 5.69 Å². The second-order valence-corrected chi connectivity index (χ2v) is 5.88. The van der Waals surface area contributed by atoms with Crippen LogP contribution in [-0.2, 0) is 4.74 Å². The predicted octanol–water partition coefficient (Wildman–Crippen LogP) is 2.49. The molecule has 118 valence electrons. The summed E-state index contributed by atoms with van der Waals surface area (Å²) in [5.41, 5.74) is 9.78. The number of anilines is 2. The molecule has 4 rings (SSSR count). The van der Waals surface area contributed by atoms with Gasteiger partial charge >= 0.3 is 0 Å². The van der Waals surface area contributed by atoms with Gasteiger partial charge in [-0.15, -0.1) is 10.2 Å². The highest BCUT2D eigenvalue weighted by Crippen LogP contribution is 2.25. The lowest BCUT2D eigenvalue weighted by Crippen LogP contribution is -2.36. The highest BCUT2D eigenvalue weighted by atomic mass is 35.5. The summed E-state index contributed by atoms with van der Waals surface area (Å²) in [7, 11) is 0. The number of fused-ring (bicyclic) bond motifs is 1. The van der Waals surface area contributed by atoms with Crippen molar-refractivity contribution in [1.82, 2.24) is 15.0 Å². The van der Waals surface area contributed by atoms with Gasteiger partial charge in [-0.05, 0) is 36.4 Å². The number of halogens is 1. The first-order valence-corrected chi connectivity index (χ1v) is 7.84. The topological polar surface area (TPSA) is 69.2 Å². The quantitative estimate of drug-likeness (QED) is 0.731. The summed E-state index contributed by atoms with van der Waals surface area (Å²) in [6.45, 7) is 3.37. The molecule has 1 aliphatic rings. The maximum atomic E-state index is 6.18. The molecule has 7 heteroatoms. The summed E-state index contributed by atoms with van der Waals surface area (Å²) in [5.74, 6) is 0. The molecule has 0 bridgehead atoms.